The van der Waals surface area contributed by atoms with Crippen molar-refractivity contribution in [2.45, 2.75) is 12.5 Å². The molecule has 1 rings (SSSR count). The van der Waals surface area contributed by atoms with Gasteiger partial charge in [0.2, 0.25) is 0 Å². The van der Waals surface area contributed by atoms with Gasteiger partial charge in [0.05, 0.1) is 25.3 Å². The molecule has 21 heavy (non-hydrogen) atoms. The summed E-state index contributed by atoms with van der Waals surface area (Å²) in [5.41, 5.74) is 0.295. The summed E-state index contributed by atoms with van der Waals surface area (Å²) < 4.78 is 22.9. The number of hydrogen-bond acceptors (Lipinski definition) is 4. The number of carboxylic acid groups (broad SMARTS) is 1. The van der Waals surface area contributed by atoms with Gasteiger partial charge in [0.1, 0.15) is 11.6 Å². The number of halogens is 1. The third-order valence-corrected chi connectivity index (χ3v) is 2.64. The Hall–Kier alpha value is -2.35. The molecule has 1 aromatic carbocycles. The number of carbonyl (C=O) groups excluding carboxylic acids is 1. The fraction of sp³-hybridized carbons (Fsp3) is 0.385. The van der Waals surface area contributed by atoms with Gasteiger partial charge < -0.3 is 25.2 Å². The fourth-order valence-electron chi connectivity index (χ4n) is 1.57. The highest BCUT2D eigenvalue weighted by atomic mass is 19.1. The highest BCUT2D eigenvalue weighted by Crippen LogP contribution is 2.24. The molecule has 3 N–H and O–H groups in total. The van der Waals surface area contributed by atoms with Crippen molar-refractivity contribution < 1.29 is 28.6 Å². The summed E-state index contributed by atoms with van der Waals surface area (Å²) in [6.07, 6.45) is -0.861. The van der Waals surface area contributed by atoms with Crippen LogP contribution in [0.4, 0.5) is 14.9 Å². The van der Waals surface area contributed by atoms with Crippen LogP contribution in [0.25, 0.3) is 0 Å². The van der Waals surface area contributed by atoms with Crippen molar-refractivity contribution >= 4 is 17.7 Å². The lowest BCUT2D eigenvalue weighted by atomic mass is 10.2. The van der Waals surface area contributed by atoms with Crippen LogP contribution in [0.15, 0.2) is 18.2 Å². The minimum atomic E-state index is -1.02. The molecule has 0 saturated carbocycles. The molecule has 0 aromatic heterocycles. The topological polar surface area (TPSA) is 96.9 Å². The second-order valence-electron chi connectivity index (χ2n) is 4.14. The number of ether oxygens (including phenoxy) is 2. The zero-order chi connectivity index (χ0) is 15.8. The predicted octanol–water partition coefficient (Wildman–Crippen LogP) is 1.45. The summed E-state index contributed by atoms with van der Waals surface area (Å²) in [5, 5.41) is 13.6. The van der Waals surface area contributed by atoms with Gasteiger partial charge in [0.15, 0.2) is 0 Å². The van der Waals surface area contributed by atoms with Gasteiger partial charge in [-0.15, -0.1) is 0 Å². The van der Waals surface area contributed by atoms with Crippen LogP contribution in [0, 0.1) is 5.82 Å². The Balaban J connectivity index is 2.55. The molecule has 0 aliphatic heterocycles. The van der Waals surface area contributed by atoms with Gasteiger partial charge in [-0.2, -0.15) is 0 Å². The lowest BCUT2D eigenvalue weighted by Crippen LogP contribution is -2.37. The first-order valence-electron chi connectivity index (χ1n) is 6.09. The first-order chi connectivity index (χ1) is 9.96. The number of urea groups is 1. The third-order valence-electron chi connectivity index (χ3n) is 2.64. The van der Waals surface area contributed by atoms with Crippen molar-refractivity contribution in [3.05, 3.63) is 24.0 Å². The molecule has 0 spiro atoms. The summed E-state index contributed by atoms with van der Waals surface area (Å²) >= 11 is 0. The van der Waals surface area contributed by atoms with Crippen LogP contribution in [0.5, 0.6) is 5.75 Å². The molecule has 0 bridgehead atoms. The van der Waals surface area contributed by atoms with Gasteiger partial charge in [-0.1, -0.05) is 0 Å². The van der Waals surface area contributed by atoms with E-state index in [1.165, 1.54) is 26.4 Å². The Morgan fingerprint density at radius 1 is 1.38 bits per heavy atom. The van der Waals surface area contributed by atoms with E-state index in [1.54, 1.807) is 0 Å². The van der Waals surface area contributed by atoms with E-state index in [0.29, 0.717) is 5.69 Å². The van der Waals surface area contributed by atoms with Crippen LogP contribution < -0.4 is 15.4 Å². The minimum absolute atomic E-state index is 0.0259. The highest BCUT2D eigenvalue weighted by Gasteiger charge is 2.14. The van der Waals surface area contributed by atoms with Gasteiger partial charge in [-0.25, -0.2) is 9.18 Å². The van der Waals surface area contributed by atoms with Gasteiger partial charge in [-0.05, 0) is 12.1 Å². The van der Waals surface area contributed by atoms with Crippen molar-refractivity contribution in [1.82, 2.24) is 5.32 Å². The molecule has 7 nitrogen and oxygen atoms in total. The summed E-state index contributed by atoms with van der Waals surface area (Å²) in [4.78, 5) is 22.3. The van der Waals surface area contributed by atoms with Crippen LogP contribution in [-0.4, -0.2) is 44.0 Å². The number of amides is 2. The molecule has 0 fully saturated rings. The van der Waals surface area contributed by atoms with Crippen molar-refractivity contribution in [2.75, 3.05) is 26.1 Å². The molecule has 0 radical (unpaired) electrons. The largest absolute Gasteiger partial charge is 0.494 e. The lowest BCUT2D eigenvalue weighted by molar-refractivity contribution is -0.139. The van der Waals surface area contributed by atoms with E-state index < -0.39 is 23.9 Å². The van der Waals surface area contributed by atoms with Gasteiger partial charge in [0.25, 0.3) is 0 Å². The quantitative estimate of drug-likeness (QED) is 0.708. The summed E-state index contributed by atoms with van der Waals surface area (Å²) in [7, 11) is 2.71. The molecule has 1 unspecified atom stereocenters. The molecule has 1 atom stereocenters. The third kappa shape index (κ3) is 5.65. The van der Waals surface area contributed by atoms with E-state index >= 15 is 0 Å². The number of carbonyl (C=O) groups is 2. The molecule has 0 aliphatic carbocycles. The molecular weight excluding hydrogens is 283 g/mol. The number of aliphatic carboxylic acids is 1. The van der Waals surface area contributed by atoms with Crippen molar-refractivity contribution in [1.29, 1.82) is 0 Å². The zero-order valence-electron chi connectivity index (χ0n) is 11.7. The monoisotopic (exact) mass is 300 g/mol. The minimum Gasteiger partial charge on any atom is -0.494 e. The van der Waals surface area contributed by atoms with Crippen molar-refractivity contribution in [3.63, 3.8) is 0 Å². The maximum absolute atomic E-state index is 13.0. The average molecular weight is 300 g/mol. The zero-order valence-corrected chi connectivity index (χ0v) is 11.7. The van der Waals surface area contributed by atoms with E-state index in [9.17, 15) is 14.0 Å². The fourth-order valence-corrected chi connectivity index (χ4v) is 1.57. The number of rotatable bonds is 7. The van der Waals surface area contributed by atoms with E-state index in [2.05, 4.69) is 10.6 Å². The summed E-state index contributed by atoms with van der Waals surface area (Å²) in [5.74, 6) is -1.33. The van der Waals surface area contributed by atoms with Crippen molar-refractivity contribution in [2.24, 2.45) is 0 Å². The predicted molar refractivity (Wildman–Crippen MR) is 73.0 cm³/mol. The SMILES string of the molecule is COc1cc(F)ccc1NC(=O)NCC(CC(=O)O)OC. The Morgan fingerprint density at radius 2 is 2.10 bits per heavy atom. The molecule has 0 aliphatic rings. The van der Waals surface area contributed by atoms with E-state index in [4.69, 9.17) is 14.6 Å². The Labute approximate surface area is 121 Å². The molecule has 116 valence electrons. The molecule has 2 amide bonds. The highest BCUT2D eigenvalue weighted by molar-refractivity contribution is 5.90. The van der Waals surface area contributed by atoms with Gasteiger partial charge >= 0.3 is 12.0 Å². The molecule has 8 heteroatoms. The number of hydrogen-bond donors (Lipinski definition) is 3. The molecular formula is C13H17FN2O5. The first kappa shape index (κ1) is 16.7. The van der Waals surface area contributed by atoms with E-state index in [1.807, 2.05) is 0 Å². The number of benzene rings is 1. The van der Waals surface area contributed by atoms with Gasteiger partial charge in [0, 0.05) is 19.7 Å². The molecule has 1 aromatic rings. The van der Waals surface area contributed by atoms with Crippen LogP contribution in [0.1, 0.15) is 6.42 Å². The number of nitrogens with one attached hydrogen (secondary N) is 2. The lowest BCUT2D eigenvalue weighted by Gasteiger charge is -2.15. The first-order valence-corrected chi connectivity index (χ1v) is 6.09. The molecule has 0 saturated heterocycles. The van der Waals surface area contributed by atoms with Crippen LogP contribution in [-0.2, 0) is 9.53 Å². The van der Waals surface area contributed by atoms with Gasteiger partial charge in [-0.3, -0.25) is 4.79 Å². The second kappa shape index (κ2) is 8.05. The Kier molecular flexibility index (Phi) is 6.41. The summed E-state index contributed by atoms with van der Waals surface area (Å²) in [6, 6.07) is 3.10. The number of anilines is 1. The second-order valence-corrected chi connectivity index (χ2v) is 4.14. The Bertz CT molecular complexity index is 509. The molecule has 0 heterocycles. The standard InChI is InChI=1S/C13H17FN2O5/c1-20-9(6-12(17)18)7-15-13(19)16-10-4-3-8(14)5-11(10)21-2/h3-5,9H,6-7H2,1-2H3,(H,17,18)(H2,15,16,19). The van der Waals surface area contributed by atoms with Crippen LogP contribution in [0.3, 0.4) is 0 Å². The van der Waals surface area contributed by atoms with E-state index in [0.717, 1.165) is 6.07 Å². The maximum Gasteiger partial charge on any atom is 0.319 e. The maximum atomic E-state index is 13.0. The van der Waals surface area contributed by atoms with E-state index in [-0.39, 0.29) is 18.7 Å². The van der Waals surface area contributed by atoms with Crippen LogP contribution >= 0.6 is 0 Å². The normalized spacial score (nSPS) is 11.6. The summed E-state index contributed by atoms with van der Waals surface area (Å²) in [6.45, 7) is 0.0259. The van der Waals surface area contributed by atoms with Crippen LogP contribution in [0.2, 0.25) is 0 Å². The smallest absolute Gasteiger partial charge is 0.319 e. The number of methoxy groups -OCH3 is 2. The van der Waals surface area contributed by atoms with Crippen molar-refractivity contribution in [3.8, 4) is 5.75 Å². The number of carboxylic acids is 1. The average Bonchev–Trinajstić information content (AvgIpc) is 2.44. The Morgan fingerprint density at radius 3 is 2.67 bits per heavy atom.